The topological polar surface area (TPSA) is 40.5 Å². The van der Waals surface area contributed by atoms with Gasteiger partial charge < -0.3 is 10.2 Å². The van der Waals surface area contributed by atoms with Gasteiger partial charge in [-0.15, -0.1) is 12.0 Å². The van der Waals surface area contributed by atoms with E-state index in [1.54, 1.807) is 0 Å². The molecule has 2 nitrogen and oxygen atoms in total. The average Bonchev–Trinajstić information content (AvgIpc) is 2.00. The van der Waals surface area contributed by atoms with Crippen LogP contribution in [-0.4, -0.2) is 31.5 Å². The lowest BCUT2D eigenvalue weighted by molar-refractivity contribution is 0.350. The van der Waals surface area contributed by atoms with E-state index < -0.39 is 8.07 Å². The first-order valence-electron chi connectivity index (χ1n) is 3.63. The van der Waals surface area contributed by atoms with E-state index in [2.05, 4.69) is 37.5 Å². The summed E-state index contributed by atoms with van der Waals surface area (Å²) in [6, 6.07) is 0. The number of terminal acetylenes is 1. The first kappa shape index (κ1) is 13.8. The van der Waals surface area contributed by atoms with Gasteiger partial charge in [-0.25, -0.2) is 0 Å². The highest BCUT2D eigenvalue weighted by Crippen LogP contribution is 1.95. The van der Waals surface area contributed by atoms with E-state index in [-0.39, 0.29) is 13.2 Å². The van der Waals surface area contributed by atoms with Crippen molar-refractivity contribution < 1.29 is 10.2 Å². The maximum absolute atomic E-state index is 8.28. The first-order chi connectivity index (χ1) is 5.47. The monoisotopic (exact) mass is 184 g/mol. The minimum absolute atomic E-state index is 0.00424. The summed E-state index contributed by atoms with van der Waals surface area (Å²) in [4.78, 5) is 0. The van der Waals surface area contributed by atoms with Crippen LogP contribution in [-0.2, 0) is 0 Å². The van der Waals surface area contributed by atoms with E-state index in [1.165, 1.54) is 0 Å². The van der Waals surface area contributed by atoms with Crippen LogP contribution in [0.1, 0.15) is 0 Å². The Morgan fingerprint density at radius 3 is 1.67 bits per heavy atom. The molecule has 0 aliphatic heterocycles. The zero-order chi connectivity index (χ0) is 10.0. The number of hydrogen-bond donors (Lipinski definition) is 2. The number of aliphatic hydroxyl groups excluding tert-OH is 2. The average molecular weight is 184 g/mol. The maximum Gasteiger partial charge on any atom is 0.129 e. The molecule has 0 heterocycles. The lowest BCUT2D eigenvalue weighted by atomic mass is 10.8. The van der Waals surface area contributed by atoms with Gasteiger partial charge in [-0.2, -0.15) is 0 Å². The van der Waals surface area contributed by atoms with Gasteiger partial charge in [0.2, 0.25) is 0 Å². The van der Waals surface area contributed by atoms with Crippen LogP contribution in [0.3, 0.4) is 0 Å². The quantitative estimate of drug-likeness (QED) is 0.424. The second kappa shape index (κ2) is 8.35. The Morgan fingerprint density at radius 2 is 1.58 bits per heavy atom. The highest BCUT2D eigenvalue weighted by atomic mass is 28.3. The van der Waals surface area contributed by atoms with Gasteiger partial charge in [-0.3, -0.25) is 0 Å². The van der Waals surface area contributed by atoms with E-state index in [0.29, 0.717) is 0 Å². The van der Waals surface area contributed by atoms with Crippen molar-refractivity contribution >= 4 is 8.07 Å². The minimum atomic E-state index is -1.20. The normalized spacial score (nSPS) is 8.33. The van der Waals surface area contributed by atoms with Crippen LogP contribution in [0.25, 0.3) is 0 Å². The molecule has 0 aromatic heterocycles. The van der Waals surface area contributed by atoms with Gasteiger partial charge in [-0.1, -0.05) is 31.5 Å². The van der Waals surface area contributed by atoms with Gasteiger partial charge in [0.15, 0.2) is 0 Å². The van der Waals surface area contributed by atoms with Gasteiger partial charge in [0.1, 0.15) is 21.3 Å². The summed E-state index contributed by atoms with van der Waals surface area (Å²) in [5.74, 6) is 4.64. The molecule has 12 heavy (non-hydrogen) atoms. The van der Waals surface area contributed by atoms with E-state index >= 15 is 0 Å². The predicted octanol–water partition coefficient (Wildman–Crippen LogP) is 0.471. The Balaban J connectivity index is 0. The minimum Gasteiger partial charge on any atom is -0.384 e. The van der Waals surface area contributed by atoms with Crippen molar-refractivity contribution in [3.63, 3.8) is 0 Å². The molecule has 0 saturated carbocycles. The third kappa shape index (κ3) is 22.8. The lowest BCUT2D eigenvalue weighted by Crippen LogP contribution is -2.16. The zero-order valence-electron chi connectivity index (χ0n) is 7.89. The number of hydrogen-bond acceptors (Lipinski definition) is 2. The fourth-order valence-corrected chi connectivity index (χ4v) is 0.914. The smallest absolute Gasteiger partial charge is 0.129 e. The molecule has 0 aromatic rings. The van der Waals surface area contributed by atoms with Crippen LogP contribution in [0.4, 0.5) is 0 Å². The highest BCUT2D eigenvalue weighted by molar-refractivity contribution is 6.83. The third-order valence-corrected chi connectivity index (χ3v) is 1.56. The molecule has 2 N–H and O–H groups in total. The molecule has 68 valence electrons. The molecule has 0 rings (SSSR count). The summed E-state index contributed by atoms with van der Waals surface area (Å²) in [5, 5.41) is 15.9. The Bertz CT molecular complexity index is 187. The Morgan fingerprint density at radius 1 is 1.17 bits per heavy atom. The SMILES string of the molecule is C#CCO.C[Si](C)(C)C#CCO. The highest BCUT2D eigenvalue weighted by Gasteiger charge is 2.06. The van der Waals surface area contributed by atoms with Gasteiger partial charge in [0.05, 0.1) is 0 Å². The Labute approximate surface area is 75.6 Å². The van der Waals surface area contributed by atoms with Crippen molar-refractivity contribution in [3.05, 3.63) is 0 Å². The van der Waals surface area contributed by atoms with E-state index in [9.17, 15) is 0 Å². The lowest BCUT2D eigenvalue weighted by Gasteiger charge is -2.02. The standard InChI is InChI=1S/C6H12OSi.C3H4O/c1-8(2,3)6-4-5-7;1-2-3-4/h7H,5H2,1-3H3;1,4H,3H2. The molecule has 0 unspecified atom stereocenters. The number of rotatable bonds is 0. The molecule has 0 amide bonds. The molecule has 0 radical (unpaired) electrons. The molecule has 0 aliphatic carbocycles. The van der Waals surface area contributed by atoms with Crippen LogP contribution < -0.4 is 0 Å². The van der Waals surface area contributed by atoms with Gasteiger partial charge in [-0.05, 0) is 0 Å². The largest absolute Gasteiger partial charge is 0.384 e. The first-order valence-corrected chi connectivity index (χ1v) is 7.13. The fourth-order valence-electron chi connectivity index (χ4n) is 0.305. The third-order valence-electron chi connectivity index (χ3n) is 0.634. The summed E-state index contributed by atoms with van der Waals surface area (Å²) < 4.78 is 0. The predicted molar refractivity (Wildman–Crippen MR) is 54.1 cm³/mol. The van der Waals surface area contributed by atoms with Gasteiger partial charge in [0, 0.05) is 0 Å². The van der Waals surface area contributed by atoms with Crippen molar-refractivity contribution in [2.24, 2.45) is 0 Å². The second-order valence-corrected chi connectivity index (χ2v) is 7.82. The fraction of sp³-hybridized carbons (Fsp3) is 0.556. The summed E-state index contributed by atoms with van der Waals surface area (Å²) in [7, 11) is -1.20. The van der Waals surface area contributed by atoms with E-state index in [1.807, 2.05) is 5.92 Å². The van der Waals surface area contributed by atoms with Crippen molar-refractivity contribution in [3.8, 4) is 23.8 Å². The molecule has 0 atom stereocenters. The molecule has 0 spiro atoms. The molecule has 0 aromatic carbocycles. The van der Waals surface area contributed by atoms with Crippen molar-refractivity contribution in [1.82, 2.24) is 0 Å². The summed E-state index contributed by atoms with van der Waals surface area (Å²) in [6.07, 6.45) is 4.53. The summed E-state index contributed by atoms with van der Waals surface area (Å²) in [5.41, 5.74) is 3.01. The molecule has 0 fully saturated rings. The van der Waals surface area contributed by atoms with E-state index in [4.69, 9.17) is 10.2 Å². The molecule has 0 bridgehead atoms. The van der Waals surface area contributed by atoms with Gasteiger partial charge in [0.25, 0.3) is 0 Å². The molecular formula is C9H16O2Si. The Kier molecular flexibility index (Phi) is 9.62. The maximum atomic E-state index is 8.28. The van der Waals surface area contributed by atoms with Gasteiger partial charge >= 0.3 is 0 Å². The van der Waals surface area contributed by atoms with Crippen LogP contribution >= 0.6 is 0 Å². The van der Waals surface area contributed by atoms with Crippen molar-refractivity contribution in [1.29, 1.82) is 0 Å². The van der Waals surface area contributed by atoms with Crippen LogP contribution in [0.15, 0.2) is 0 Å². The van der Waals surface area contributed by atoms with Crippen LogP contribution in [0.2, 0.25) is 19.6 Å². The summed E-state index contributed by atoms with van der Waals surface area (Å²) in [6.45, 7) is 6.30. The zero-order valence-corrected chi connectivity index (χ0v) is 8.89. The second-order valence-electron chi connectivity index (χ2n) is 3.07. The molecular weight excluding hydrogens is 168 g/mol. The molecule has 0 aliphatic rings. The molecule has 3 heteroatoms. The van der Waals surface area contributed by atoms with E-state index in [0.717, 1.165) is 0 Å². The summed E-state index contributed by atoms with van der Waals surface area (Å²) >= 11 is 0. The van der Waals surface area contributed by atoms with Crippen molar-refractivity contribution in [2.75, 3.05) is 13.2 Å². The Hall–Kier alpha value is -0.743. The molecule has 0 saturated heterocycles. The van der Waals surface area contributed by atoms with Crippen LogP contribution in [0.5, 0.6) is 0 Å². The number of aliphatic hydroxyl groups is 2. The van der Waals surface area contributed by atoms with Crippen molar-refractivity contribution in [2.45, 2.75) is 19.6 Å². The van der Waals surface area contributed by atoms with Crippen LogP contribution in [0, 0.1) is 23.8 Å².